The van der Waals surface area contributed by atoms with Crippen LogP contribution in [0.25, 0.3) is 0 Å². The maximum atomic E-state index is 2.56. The average Bonchev–Trinajstić information content (AvgIpc) is 2.87. The van der Waals surface area contributed by atoms with Crippen molar-refractivity contribution < 1.29 is 0 Å². The largest absolute Gasteiger partial charge is 0.0620 e. The van der Waals surface area contributed by atoms with E-state index in [1.54, 1.807) is 25.7 Å². The molecule has 4 aliphatic carbocycles. The van der Waals surface area contributed by atoms with E-state index in [4.69, 9.17) is 0 Å². The highest BCUT2D eigenvalue weighted by Gasteiger charge is 2.64. The topological polar surface area (TPSA) is 0 Å². The maximum Gasteiger partial charge on any atom is -0.0318 e. The normalized spacial score (nSPS) is 69.0. The third-order valence-corrected chi connectivity index (χ3v) is 6.79. The molecule has 0 radical (unpaired) electrons. The van der Waals surface area contributed by atoms with Crippen LogP contribution in [0.1, 0.15) is 39.5 Å². The Hall–Kier alpha value is 0. The summed E-state index contributed by atoms with van der Waals surface area (Å²) in [7, 11) is 0. The van der Waals surface area contributed by atoms with Crippen molar-refractivity contribution in [3.8, 4) is 0 Å². The van der Waals surface area contributed by atoms with Crippen LogP contribution in [-0.4, -0.2) is 0 Å². The molecule has 4 unspecified atom stereocenters. The van der Waals surface area contributed by atoms with E-state index in [1.807, 2.05) is 0 Å². The van der Waals surface area contributed by atoms with E-state index >= 15 is 0 Å². The number of rotatable bonds is 0. The van der Waals surface area contributed by atoms with Crippen LogP contribution < -0.4 is 0 Å². The second kappa shape index (κ2) is 2.39. The van der Waals surface area contributed by atoms with Gasteiger partial charge in [-0.2, -0.15) is 0 Å². The Morgan fingerprint density at radius 3 is 1.14 bits per heavy atom. The third-order valence-electron chi connectivity index (χ3n) is 6.79. The molecule has 0 heterocycles. The van der Waals surface area contributed by atoms with Gasteiger partial charge in [-0.15, -0.1) is 0 Å². The molecule has 4 saturated carbocycles. The Bertz CT molecular complexity index is 217. The second-order valence-electron chi connectivity index (χ2n) is 6.68. The Labute approximate surface area is 87.5 Å². The van der Waals surface area contributed by atoms with E-state index in [1.165, 1.54) is 11.8 Å². The molecule has 0 spiro atoms. The van der Waals surface area contributed by atoms with Crippen molar-refractivity contribution in [1.29, 1.82) is 0 Å². The van der Waals surface area contributed by atoms with Crippen LogP contribution in [0, 0.1) is 47.3 Å². The van der Waals surface area contributed by atoms with Gasteiger partial charge in [0, 0.05) is 0 Å². The molecule has 4 bridgehead atoms. The standard InChI is InChI=1S/C14H22/c1-7-9-3-4-10(7)14-12-6-5-11(8(12)2)13(9)14/h7-14H,3-6H2,1-2H3. The van der Waals surface area contributed by atoms with Gasteiger partial charge in [0.15, 0.2) is 0 Å². The van der Waals surface area contributed by atoms with Gasteiger partial charge in [-0.25, -0.2) is 0 Å². The highest BCUT2D eigenvalue weighted by atomic mass is 14.7. The smallest absolute Gasteiger partial charge is 0.0318 e. The van der Waals surface area contributed by atoms with E-state index in [0.717, 1.165) is 35.5 Å². The first kappa shape index (κ1) is 8.19. The zero-order valence-corrected chi connectivity index (χ0v) is 9.45. The summed E-state index contributed by atoms with van der Waals surface area (Å²) in [5.41, 5.74) is 0. The molecule has 0 aromatic heterocycles. The predicted molar refractivity (Wildman–Crippen MR) is 57.7 cm³/mol. The van der Waals surface area contributed by atoms with Gasteiger partial charge < -0.3 is 0 Å². The van der Waals surface area contributed by atoms with Crippen LogP contribution in [0.4, 0.5) is 0 Å². The maximum absolute atomic E-state index is 2.56. The first-order valence-corrected chi connectivity index (χ1v) is 6.79. The quantitative estimate of drug-likeness (QED) is 0.512. The van der Waals surface area contributed by atoms with Crippen LogP contribution in [0.15, 0.2) is 0 Å². The molecule has 0 nitrogen and oxygen atoms in total. The summed E-state index contributed by atoms with van der Waals surface area (Å²) < 4.78 is 0. The van der Waals surface area contributed by atoms with Crippen LogP contribution >= 0.6 is 0 Å². The molecule has 4 aliphatic rings. The highest BCUT2D eigenvalue weighted by molar-refractivity contribution is 5.12. The molecule has 0 N–H and O–H groups in total. The van der Waals surface area contributed by atoms with Crippen LogP contribution in [0.5, 0.6) is 0 Å². The lowest BCUT2D eigenvalue weighted by atomic mass is 9.71. The molecule has 0 aliphatic heterocycles. The SMILES string of the molecule is CC1C2CCC1C1C3CCC(C3C)C21. The molecule has 0 aromatic carbocycles. The Morgan fingerprint density at radius 1 is 0.571 bits per heavy atom. The van der Waals surface area contributed by atoms with E-state index in [-0.39, 0.29) is 0 Å². The Balaban J connectivity index is 1.77. The fourth-order valence-corrected chi connectivity index (χ4v) is 6.41. The van der Waals surface area contributed by atoms with Gasteiger partial charge in [0.2, 0.25) is 0 Å². The average molecular weight is 190 g/mol. The molecule has 4 atom stereocenters. The summed E-state index contributed by atoms with van der Waals surface area (Å²) in [5.74, 6) is 9.20. The minimum Gasteiger partial charge on any atom is -0.0620 e. The molecule has 0 amide bonds. The van der Waals surface area contributed by atoms with Gasteiger partial charge in [-0.1, -0.05) is 13.8 Å². The lowest BCUT2D eigenvalue weighted by Crippen LogP contribution is -2.27. The van der Waals surface area contributed by atoms with Crippen LogP contribution in [-0.2, 0) is 0 Å². The molecule has 14 heavy (non-hydrogen) atoms. The number of hydrogen-bond acceptors (Lipinski definition) is 0. The van der Waals surface area contributed by atoms with Crippen molar-refractivity contribution >= 4 is 0 Å². The molecule has 0 heteroatoms. The minimum absolute atomic E-state index is 1.10. The summed E-state index contributed by atoms with van der Waals surface area (Å²) >= 11 is 0. The summed E-state index contributed by atoms with van der Waals surface area (Å²) in [6, 6.07) is 0. The van der Waals surface area contributed by atoms with Crippen molar-refractivity contribution in [2.45, 2.75) is 39.5 Å². The molecule has 78 valence electrons. The second-order valence-corrected chi connectivity index (χ2v) is 6.68. The summed E-state index contributed by atoms with van der Waals surface area (Å²) in [4.78, 5) is 0. The summed E-state index contributed by atoms with van der Waals surface area (Å²) in [6.45, 7) is 5.12. The first-order chi connectivity index (χ1) is 6.79. The van der Waals surface area contributed by atoms with Crippen molar-refractivity contribution in [3.05, 3.63) is 0 Å². The molecule has 0 saturated heterocycles. The Morgan fingerprint density at radius 2 is 0.857 bits per heavy atom. The minimum atomic E-state index is 1.10. The van der Waals surface area contributed by atoms with Gasteiger partial charge in [0.25, 0.3) is 0 Å². The first-order valence-electron chi connectivity index (χ1n) is 6.79. The summed E-state index contributed by atoms with van der Waals surface area (Å²) in [5, 5.41) is 0. The predicted octanol–water partition coefficient (Wildman–Crippen LogP) is 3.57. The van der Waals surface area contributed by atoms with Gasteiger partial charge >= 0.3 is 0 Å². The number of hydrogen-bond donors (Lipinski definition) is 0. The summed E-state index contributed by atoms with van der Waals surface area (Å²) in [6.07, 6.45) is 6.35. The molecular formula is C14H22. The van der Waals surface area contributed by atoms with Gasteiger partial charge in [-0.3, -0.25) is 0 Å². The lowest BCUT2D eigenvalue weighted by molar-refractivity contribution is 0.146. The van der Waals surface area contributed by atoms with E-state index in [9.17, 15) is 0 Å². The third kappa shape index (κ3) is 0.686. The van der Waals surface area contributed by atoms with E-state index in [0.29, 0.717) is 0 Å². The Kier molecular flexibility index (Phi) is 1.40. The van der Waals surface area contributed by atoms with Crippen molar-refractivity contribution in [2.75, 3.05) is 0 Å². The van der Waals surface area contributed by atoms with Crippen molar-refractivity contribution in [1.82, 2.24) is 0 Å². The monoisotopic (exact) mass is 190 g/mol. The zero-order valence-electron chi connectivity index (χ0n) is 9.45. The van der Waals surface area contributed by atoms with Crippen molar-refractivity contribution in [3.63, 3.8) is 0 Å². The van der Waals surface area contributed by atoms with Gasteiger partial charge in [-0.05, 0) is 73.0 Å². The van der Waals surface area contributed by atoms with Gasteiger partial charge in [0.1, 0.15) is 0 Å². The van der Waals surface area contributed by atoms with Gasteiger partial charge in [0.05, 0.1) is 0 Å². The molecule has 4 rings (SSSR count). The highest BCUT2D eigenvalue weighted by Crippen LogP contribution is 2.70. The lowest BCUT2D eigenvalue weighted by Gasteiger charge is -2.34. The molecular weight excluding hydrogens is 168 g/mol. The van der Waals surface area contributed by atoms with Crippen LogP contribution in [0.2, 0.25) is 0 Å². The van der Waals surface area contributed by atoms with Crippen molar-refractivity contribution in [2.24, 2.45) is 47.3 Å². The fourth-order valence-electron chi connectivity index (χ4n) is 6.41. The number of fused-ring (bicyclic) bond motifs is 9. The van der Waals surface area contributed by atoms with E-state index < -0.39 is 0 Å². The van der Waals surface area contributed by atoms with Crippen LogP contribution in [0.3, 0.4) is 0 Å². The molecule has 4 fully saturated rings. The van der Waals surface area contributed by atoms with E-state index in [2.05, 4.69) is 13.8 Å². The molecule has 0 aromatic rings. The fraction of sp³-hybridized carbons (Fsp3) is 1.00. The zero-order chi connectivity index (χ0) is 9.45.